The summed E-state index contributed by atoms with van der Waals surface area (Å²) in [4.78, 5) is 12.6. The first-order valence-corrected chi connectivity index (χ1v) is 10.4. The zero-order chi connectivity index (χ0) is 17.1. The number of ether oxygens (including phenoxy) is 3. The Morgan fingerprint density at radius 1 is 1.00 bits per heavy atom. The van der Waals surface area contributed by atoms with E-state index in [1.165, 1.54) is 6.42 Å². The van der Waals surface area contributed by atoms with Crippen LogP contribution in [0.5, 0.6) is 0 Å². The molecule has 6 fully saturated rings. The zero-order valence-electron chi connectivity index (χ0n) is 15.5. The van der Waals surface area contributed by atoms with Crippen molar-refractivity contribution in [1.29, 1.82) is 0 Å². The maximum Gasteiger partial charge on any atom is 0.171 e. The second-order valence-corrected chi connectivity index (χ2v) is 10.2. The molecule has 7 atom stereocenters. The van der Waals surface area contributed by atoms with Gasteiger partial charge in [0.2, 0.25) is 0 Å². The first kappa shape index (κ1) is 15.6. The highest BCUT2D eigenvalue weighted by Crippen LogP contribution is 2.74. The van der Waals surface area contributed by atoms with Crippen molar-refractivity contribution in [1.82, 2.24) is 0 Å². The second kappa shape index (κ2) is 4.51. The van der Waals surface area contributed by atoms with Crippen molar-refractivity contribution in [2.24, 2.45) is 28.6 Å². The summed E-state index contributed by atoms with van der Waals surface area (Å²) in [6.07, 6.45) is 8.80. The third-order valence-electron chi connectivity index (χ3n) is 9.60. The van der Waals surface area contributed by atoms with Gasteiger partial charge in [0, 0.05) is 30.1 Å². The SMILES string of the molecule is C[C@]12CC[C@@H]3[C@H](C[C@@H]4O[C@@]45CC4(CC[C@]35C)OCCO4)[C@@H]1CCC2=O. The molecule has 0 N–H and O–H groups in total. The van der Waals surface area contributed by atoms with Crippen LogP contribution in [0.2, 0.25) is 0 Å². The van der Waals surface area contributed by atoms with Crippen LogP contribution in [0.15, 0.2) is 0 Å². The lowest BCUT2D eigenvalue weighted by Crippen LogP contribution is -2.61. The average Bonchev–Trinajstić information content (AvgIpc) is 2.94. The highest BCUT2D eigenvalue weighted by molar-refractivity contribution is 5.87. The Labute approximate surface area is 150 Å². The van der Waals surface area contributed by atoms with Crippen molar-refractivity contribution in [2.75, 3.05) is 13.2 Å². The van der Waals surface area contributed by atoms with E-state index in [1.54, 1.807) is 0 Å². The molecule has 4 heteroatoms. The fraction of sp³-hybridized carbons (Fsp3) is 0.952. The Hall–Kier alpha value is -0.450. The van der Waals surface area contributed by atoms with Crippen LogP contribution in [-0.4, -0.2) is 36.5 Å². The van der Waals surface area contributed by atoms with Crippen LogP contribution in [0, 0.1) is 28.6 Å². The Morgan fingerprint density at radius 3 is 2.60 bits per heavy atom. The molecule has 0 unspecified atom stereocenters. The van der Waals surface area contributed by atoms with Crippen LogP contribution in [0.3, 0.4) is 0 Å². The molecule has 2 saturated heterocycles. The number of fused-ring (bicyclic) bond motifs is 4. The largest absolute Gasteiger partial charge is 0.365 e. The molecule has 2 spiro atoms. The number of carbonyl (C=O) groups excluding carboxylic acids is 1. The average molecular weight is 346 g/mol. The molecule has 6 aliphatic rings. The summed E-state index contributed by atoms with van der Waals surface area (Å²) in [5.74, 6) is 2.13. The maximum atomic E-state index is 12.6. The molecule has 4 saturated carbocycles. The predicted molar refractivity (Wildman–Crippen MR) is 90.9 cm³/mol. The molecule has 0 radical (unpaired) electrons. The third-order valence-corrected chi connectivity index (χ3v) is 9.60. The third kappa shape index (κ3) is 1.69. The van der Waals surface area contributed by atoms with Crippen LogP contribution in [0.1, 0.15) is 65.2 Å². The van der Waals surface area contributed by atoms with Crippen molar-refractivity contribution in [2.45, 2.75) is 82.7 Å². The van der Waals surface area contributed by atoms with E-state index in [2.05, 4.69) is 13.8 Å². The van der Waals surface area contributed by atoms with E-state index in [-0.39, 0.29) is 22.2 Å². The monoisotopic (exact) mass is 346 g/mol. The van der Waals surface area contributed by atoms with Gasteiger partial charge in [0.1, 0.15) is 11.4 Å². The number of carbonyl (C=O) groups is 1. The van der Waals surface area contributed by atoms with E-state index >= 15 is 0 Å². The fourth-order valence-corrected chi connectivity index (χ4v) is 8.14. The summed E-state index contributed by atoms with van der Waals surface area (Å²) in [5.41, 5.74) is 0.168. The molecule has 138 valence electrons. The van der Waals surface area contributed by atoms with Crippen molar-refractivity contribution < 1.29 is 19.0 Å². The summed E-state index contributed by atoms with van der Waals surface area (Å²) in [6, 6.07) is 0. The highest BCUT2D eigenvalue weighted by Gasteiger charge is 2.78. The van der Waals surface area contributed by atoms with Crippen LogP contribution < -0.4 is 0 Å². The molecule has 2 aliphatic heterocycles. The van der Waals surface area contributed by atoms with E-state index in [0.717, 1.165) is 58.2 Å². The summed E-state index contributed by atoms with van der Waals surface area (Å²) in [5, 5.41) is 0. The van der Waals surface area contributed by atoms with Crippen LogP contribution in [0.4, 0.5) is 0 Å². The summed E-state index contributed by atoms with van der Waals surface area (Å²) in [7, 11) is 0. The molecule has 0 aromatic rings. The lowest BCUT2D eigenvalue weighted by atomic mass is 9.45. The molecule has 25 heavy (non-hydrogen) atoms. The highest BCUT2D eigenvalue weighted by atomic mass is 16.7. The maximum absolute atomic E-state index is 12.6. The number of hydrogen-bond donors (Lipinski definition) is 0. The van der Waals surface area contributed by atoms with E-state index in [4.69, 9.17) is 14.2 Å². The van der Waals surface area contributed by atoms with Gasteiger partial charge in [-0.05, 0) is 49.9 Å². The second-order valence-electron chi connectivity index (χ2n) is 10.2. The molecular formula is C21H30O4. The Morgan fingerprint density at radius 2 is 1.80 bits per heavy atom. The van der Waals surface area contributed by atoms with Gasteiger partial charge in [-0.2, -0.15) is 0 Å². The van der Waals surface area contributed by atoms with Gasteiger partial charge in [-0.1, -0.05) is 13.8 Å². The molecule has 6 rings (SSSR count). The molecule has 0 aromatic heterocycles. The van der Waals surface area contributed by atoms with E-state index < -0.39 is 0 Å². The van der Waals surface area contributed by atoms with E-state index in [1.807, 2.05) is 0 Å². The smallest absolute Gasteiger partial charge is 0.171 e. The Bertz CT molecular complexity index is 640. The van der Waals surface area contributed by atoms with Gasteiger partial charge in [-0.3, -0.25) is 4.79 Å². The molecule has 0 amide bonds. The number of hydrogen-bond acceptors (Lipinski definition) is 4. The number of ketones is 1. The molecule has 0 aromatic carbocycles. The molecular weight excluding hydrogens is 316 g/mol. The molecule has 2 heterocycles. The van der Waals surface area contributed by atoms with Crippen molar-refractivity contribution in [3.05, 3.63) is 0 Å². The predicted octanol–water partition coefficient (Wildman–Crippen LogP) is 3.47. The summed E-state index contributed by atoms with van der Waals surface area (Å²) in [6.45, 7) is 6.21. The standard InChI is InChI=1S/C21H30O4/c1-18-6-5-15-13(14(18)3-4-16(18)22)11-17-21(25-17)12-20(23-9-10-24-20)8-7-19(15,21)2/h13-15,17H,3-12H2,1-2H3/t13-,14+,15-,17+,18+,19-,21+/m1/s1. The minimum absolute atomic E-state index is 0.0207. The lowest BCUT2D eigenvalue weighted by Gasteiger charge is -2.59. The van der Waals surface area contributed by atoms with Crippen LogP contribution in [0.25, 0.3) is 0 Å². The first-order chi connectivity index (χ1) is 11.9. The van der Waals surface area contributed by atoms with Gasteiger partial charge < -0.3 is 14.2 Å². The zero-order valence-corrected chi connectivity index (χ0v) is 15.5. The van der Waals surface area contributed by atoms with Gasteiger partial charge in [0.05, 0.1) is 19.3 Å². The number of epoxide rings is 1. The number of rotatable bonds is 0. The van der Waals surface area contributed by atoms with Crippen molar-refractivity contribution in [3.63, 3.8) is 0 Å². The molecule has 4 aliphatic carbocycles. The van der Waals surface area contributed by atoms with Crippen molar-refractivity contribution >= 4 is 5.78 Å². The topological polar surface area (TPSA) is 48.1 Å². The van der Waals surface area contributed by atoms with Crippen molar-refractivity contribution in [3.8, 4) is 0 Å². The lowest BCUT2D eigenvalue weighted by molar-refractivity contribution is -0.226. The fourth-order valence-electron chi connectivity index (χ4n) is 8.14. The Balaban J connectivity index is 1.35. The van der Waals surface area contributed by atoms with E-state index in [0.29, 0.717) is 29.6 Å². The molecule has 0 bridgehead atoms. The summed E-state index contributed by atoms with van der Waals surface area (Å²) >= 11 is 0. The van der Waals surface area contributed by atoms with Gasteiger partial charge in [-0.25, -0.2) is 0 Å². The Kier molecular flexibility index (Phi) is 2.81. The number of Topliss-reactive ketones (excluding diaryl/α,β-unsaturated/α-hetero) is 1. The minimum Gasteiger partial charge on any atom is -0.365 e. The van der Waals surface area contributed by atoms with Gasteiger partial charge in [0.15, 0.2) is 5.79 Å². The first-order valence-electron chi connectivity index (χ1n) is 10.4. The van der Waals surface area contributed by atoms with E-state index in [9.17, 15) is 4.79 Å². The summed E-state index contributed by atoms with van der Waals surface area (Å²) < 4.78 is 18.6. The normalized spacial score (nSPS) is 58.4. The molecule has 4 nitrogen and oxygen atoms in total. The minimum atomic E-state index is -0.367. The van der Waals surface area contributed by atoms with Crippen LogP contribution in [-0.2, 0) is 19.0 Å². The van der Waals surface area contributed by atoms with Gasteiger partial charge in [0.25, 0.3) is 0 Å². The van der Waals surface area contributed by atoms with Gasteiger partial charge >= 0.3 is 0 Å². The van der Waals surface area contributed by atoms with Gasteiger partial charge in [-0.15, -0.1) is 0 Å². The quantitative estimate of drug-likeness (QED) is 0.630. The van der Waals surface area contributed by atoms with Crippen LogP contribution >= 0.6 is 0 Å².